The number of halogens is 1. The fourth-order valence-electron chi connectivity index (χ4n) is 2.65. The lowest BCUT2D eigenvalue weighted by atomic mass is 9.92. The third-order valence-electron chi connectivity index (χ3n) is 4.03. The molecule has 1 aromatic heterocycles. The van der Waals surface area contributed by atoms with Crippen LogP contribution in [0.2, 0.25) is 0 Å². The smallest absolute Gasteiger partial charge is 0.181 e. The number of aromatic nitrogens is 2. The van der Waals surface area contributed by atoms with Gasteiger partial charge < -0.3 is 4.57 Å². The van der Waals surface area contributed by atoms with Crippen molar-refractivity contribution in [3.63, 3.8) is 0 Å². The minimum atomic E-state index is -1.03. The minimum absolute atomic E-state index is 0.311. The van der Waals surface area contributed by atoms with Crippen molar-refractivity contribution in [3.8, 4) is 0 Å². The molecule has 1 heterocycles. The highest BCUT2D eigenvalue weighted by molar-refractivity contribution is 6.18. The van der Waals surface area contributed by atoms with Gasteiger partial charge in [-0.3, -0.25) is 9.59 Å². The van der Waals surface area contributed by atoms with Crippen LogP contribution in [0.15, 0.2) is 73.1 Å². The standard InChI is InChI=1S/C21H17FN2O2/c1-24-14-13-23-21(24)19(20(26)16-5-3-2-4-6-16)18(25)12-9-15-7-10-17(22)11-8-15/h2-14,19H,1H3/b12-9+/t19-/m0/s1. The first kappa shape index (κ1) is 17.5. The molecule has 0 saturated heterocycles. The average Bonchev–Trinajstić information content (AvgIpc) is 3.08. The summed E-state index contributed by atoms with van der Waals surface area (Å²) in [6.45, 7) is 0. The first-order valence-corrected chi connectivity index (χ1v) is 8.10. The van der Waals surface area contributed by atoms with E-state index in [-0.39, 0.29) is 17.4 Å². The number of Topliss-reactive ketones (excluding diaryl/α,β-unsaturated/α-hetero) is 1. The Balaban J connectivity index is 1.93. The number of allylic oxidation sites excluding steroid dienone is 1. The van der Waals surface area contributed by atoms with Crippen molar-refractivity contribution in [2.75, 3.05) is 0 Å². The maximum Gasteiger partial charge on any atom is 0.181 e. The molecule has 0 N–H and O–H groups in total. The molecular weight excluding hydrogens is 331 g/mol. The molecule has 4 nitrogen and oxygen atoms in total. The zero-order valence-electron chi connectivity index (χ0n) is 14.2. The summed E-state index contributed by atoms with van der Waals surface area (Å²) in [5.41, 5.74) is 1.12. The van der Waals surface area contributed by atoms with Crippen LogP contribution in [-0.2, 0) is 11.8 Å². The lowest BCUT2D eigenvalue weighted by Gasteiger charge is -2.13. The summed E-state index contributed by atoms with van der Waals surface area (Å²) < 4.78 is 14.7. The van der Waals surface area contributed by atoms with E-state index in [1.807, 2.05) is 6.07 Å². The van der Waals surface area contributed by atoms with Gasteiger partial charge in [0.15, 0.2) is 11.6 Å². The summed E-state index contributed by atoms with van der Waals surface area (Å²) in [6.07, 6.45) is 6.15. The molecule has 0 bridgehead atoms. The van der Waals surface area contributed by atoms with E-state index in [2.05, 4.69) is 4.98 Å². The second-order valence-corrected chi connectivity index (χ2v) is 5.85. The van der Waals surface area contributed by atoms with E-state index in [1.165, 1.54) is 18.2 Å². The highest BCUT2D eigenvalue weighted by Gasteiger charge is 2.30. The highest BCUT2D eigenvalue weighted by Crippen LogP contribution is 2.22. The van der Waals surface area contributed by atoms with Gasteiger partial charge in [-0.05, 0) is 23.8 Å². The number of ketones is 2. The Morgan fingerprint density at radius 1 is 1.08 bits per heavy atom. The van der Waals surface area contributed by atoms with E-state index in [0.29, 0.717) is 17.0 Å². The summed E-state index contributed by atoms with van der Waals surface area (Å²) in [5.74, 6) is -1.69. The molecule has 0 amide bonds. The van der Waals surface area contributed by atoms with Gasteiger partial charge in [0.25, 0.3) is 0 Å². The predicted molar refractivity (Wildman–Crippen MR) is 97.2 cm³/mol. The molecule has 130 valence electrons. The molecule has 0 aliphatic heterocycles. The fourth-order valence-corrected chi connectivity index (χ4v) is 2.65. The van der Waals surface area contributed by atoms with E-state index < -0.39 is 5.92 Å². The molecule has 0 aliphatic rings. The Hall–Kier alpha value is -3.34. The lowest BCUT2D eigenvalue weighted by Crippen LogP contribution is -2.24. The Morgan fingerprint density at radius 3 is 2.38 bits per heavy atom. The molecule has 3 rings (SSSR count). The number of rotatable bonds is 6. The van der Waals surface area contributed by atoms with E-state index in [9.17, 15) is 14.0 Å². The molecule has 26 heavy (non-hydrogen) atoms. The van der Waals surface area contributed by atoms with Gasteiger partial charge in [0.1, 0.15) is 17.6 Å². The highest BCUT2D eigenvalue weighted by atomic mass is 19.1. The van der Waals surface area contributed by atoms with Gasteiger partial charge in [0, 0.05) is 25.0 Å². The molecule has 0 fully saturated rings. The number of nitrogens with zero attached hydrogens (tertiary/aromatic N) is 2. The van der Waals surface area contributed by atoms with Crippen molar-refractivity contribution in [2.24, 2.45) is 7.05 Å². The number of imidazole rings is 1. The Bertz CT molecular complexity index is 944. The monoisotopic (exact) mass is 348 g/mol. The second kappa shape index (κ2) is 7.70. The minimum Gasteiger partial charge on any atom is -0.337 e. The summed E-state index contributed by atoms with van der Waals surface area (Å²) in [5, 5.41) is 0. The van der Waals surface area contributed by atoms with Crippen molar-refractivity contribution in [3.05, 3.63) is 95.8 Å². The van der Waals surface area contributed by atoms with Crippen LogP contribution >= 0.6 is 0 Å². The molecule has 0 unspecified atom stereocenters. The quantitative estimate of drug-likeness (QED) is 0.387. The summed E-state index contributed by atoms with van der Waals surface area (Å²) in [6, 6.07) is 14.4. The molecule has 3 aromatic rings. The maximum absolute atomic E-state index is 13.0. The van der Waals surface area contributed by atoms with Gasteiger partial charge in [-0.15, -0.1) is 0 Å². The predicted octanol–water partition coefficient (Wildman–Crippen LogP) is 3.81. The van der Waals surface area contributed by atoms with E-state index in [4.69, 9.17) is 0 Å². The number of hydrogen-bond donors (Lipinski definition) is 0. The molecule has 5 heteroatoms. The molecule has 0 aliphatic carbocycles. The van der Waals surface area contributed by atoms with Crippen LogP contribution in [0.5, 0.6) is 0 Å². The molecular formula is C21H17FN2O2. The van der Waals surface area contributed by atoms with E-state index in [0.717, 1.165) is 0 Å². The van der Waals surface area contributed by atoms with Gasteiger partial charge in [-0.25, -0.2) is 9.37 Å². The number of carbonyl (C=O) groups excluding carboxylic acids is 2. The van der Waals surface area contributed by atoms with Crippen molar-refractivity contribution < 1.29 is 14.0 Å². The Morgan fingerprint density at radius 2 is 1.77 bits per heavy atom. The topological polar surface area (TPSA) is 52.0 Å². The molecule has 0 radical (unpaired) electrons. The molecule has 0 saturated carbocycles. The van der Waals surface area contributed by atoms with Crippen LogP contribution in [-0.4, -0.2) is 21.1 Å². The average molecular weight is 348 g/mol. The number of aryl methyl sites for hydroxylation is 1. The zero-order valence-corrected chi connectivity index (χ0v) is 14.2. The Labute approximate surface area is 150 Å². The van der Waals surface area contributed by atoms with Crippen LogP contribution < -0.4 is 0 Å². The number of benzene rings is 2. The number of carbonyl (C=O) groups is 2. The van der Waals surface area contributed by atoms with Gasteiger partial charge >= 0.3 is 0 Å². The van der Waals surface area contributed by atoms with Gasteiger partial charge in [0.2, 0.25) is 0 Å². The zero-order chi connectivity index (χ0) is 18.5. The fraction of sp³-hybridized carbons (Fsp3) is 0.0952. The molecule has 0 spiro atoms. The van der Waals surface area contributed by atoms with Crippen molar-refractivity contribution in [1.29, 1.82) is 0 Å². The summed E-state index contributed by atoms with van der Waals surface area (Å²) in [4.78, 5) is 29.9. The third kappa shape index (κ3) is 3.83. The largest absolute Gasteiger partial charge is 0.337 e. The first-order chi connectivity index (χ1) is 12.6. The summed E-state index contributed by atoms with van der Waals surface area (Å²) >= 11 is 0. The van der Waals surface area contributed by atoms with Crippen molar-refractivity contribution in [1.82, 2.24) is 9.55 Å². The van der Waals surface area contributed by atoms with Gasteiger partial charge in [-0.1, -0.05) is 48.5 Å². The normalized spacial score (nSPS) is 12.2. The van der Waals surface area contributed by atoms with Crippen LogP contribution in [0.1, 0.15) is 27.7 Å². The molecule has 1 atom stereocenters. The maximum atomic E-state index is 13.0. The third-order valence-corrected chi connectivity index (χ3v) is 4.03. The van der Waals surface area contributed by atoms with Gasteiger partial charge in [0.05, 0.1) is 0 Å². The lowest BCUT2D eigenvalue weighted by molar-refractivity contribution is -0.115. The van der Waals surface area contributed by atoms with Gasteiger partial charge in [-0.2, -0.15) is 0 Å². The second-order valence-electron chi connectivity index (χ2n) is 5.85. The van der Waals surface area contributed by atoms with Crippen LogP contribution in [0.25, 0.3) is 6.08 Å². The van der Waals surface area contributed by atoms with E-state index >= 15 is 0 Å². The van der Waals surface area contributed by atoms with Crippen molar-refractivity contribution in [2.45, 2.75) is 5.92 Å². The van der Waals surface area contributed by atoms with Crippen molar-refractivity contribution >= 4 is 17.6 Å². The first-order valence-electron chi connectivity index (χ1n) is 8.10. The van der Waals surface area contributed by atoms with E-state index in [1.54, 1.807) is 66.5 Å². The number of hydrogen-bond acceptors (Lipinski definition) is 3. The van der Waals surface area contributed by atoms with Crippen LogP contribution in [0, 0.1) is 5.82 Å². The Kier molecular flexibility index (Phi) is 5.17. The van der Waals surface area contributed by atoms with Crippen LogP contribution in [0.3, 0.4) is 0 Å². The molecule has 2 aromatic carbocycles. The summed E-state index contributed by atoms with van der Waals surface area (Å²) in [7, 11) is 1.74. The van der Waals surface area contributed by atoms with Crippen LogP contribution in [0.4, 0.5) is 4.39 Å². The SMILES string of the molecule is Cn1ccnc1[C@@H](C(=O)/C=C/c1ccc(F)cc1)C(=O)c1ccccc1.